The molecule has 0 aromatic heterocycles. The number of benzene rings is 1. The van der Waals surface area contributed by atoms with Crippen LogP contribution in [0.4, 0.5) is 13.2 Å². The number of hydrogen-bond donors (Lipinski definition) is 0. The molecule has 1 aromatic carbocycles. The average molecular weight is 248 g/mol. The third kappa shape index (κ3) is 3.54. The zero-order chi connectivity index (χ0) is 13.1. The van der Waals surface area contributed by atoms with E-state index in [4.69, 9.17) is 9.47 Å². The van der Waals surface area contributed by atoms with E-state index < -0.39 is 12.3 Å². The Bertz CT molecular complexity index is 375. The van der Waals surface area contributed by atoms with Gasteiger partial charge in [0.1, 0.15) is 0 Å². The molecule has 0 aliphatic heterocycles. The number of halogens is 3. The van der Waals surface area contributed by atoms with Crippen LogP contribution in [0.25, 0.3) is 0 Å². The van der Waals surface area contributed by atoms with Crippen LogP contribution in [0.3, 0.4) is 0 Å². The molecule has 0 fully saturated rings. The van der Waals surface area contributed by atoms with E-state index in [2.05, 4.69) is 0 Å². The summed E-state index contributed by atoms with van der Waals surface area (Å²) in [4.78, 5) is 0. The number of aryl methyl sites for hydroxylation is 1. The molecule has 1 rings (SSSR count). The summed E-state index contributed by atoms with van der Waals surface area (Å²) < 4.78 is 46.9. The van der Waals surface area contributed by atoms with Gasteiger partial charge in [-0.1, -0.05) is 13.0 Å². The molecule has 0 amide bonds. The number of rotatable bonds is 4. The molecule has 0 saturated heterocycles. The number of alkyl halides is 3. The van der Waals surface area contributed by atoms with E-state index in [1.165, 1.54) is 13.2 Å². The molecular formula is C12H15F3O2. The summed E-state index contributed by atoms with van der Waals surface area (Å²) in [5.41, 5.74) is 0.980. The molecule has 2 nitrogen and oxygen atoms in total. The number of hydrogen-bond acceptors (Lipinski definition) is 2. The van der Waals surface area contributed by atoms with E-state index in [-0.39, 0.29) is 5.75 Å². The normalized spacial score (nSPS) is 13.3. The van der Waals surface area contributed by atoms with Gasteiger partial charge in [-0.05, 0) is 31.0 Å². The Balaban J connectivity index is 2.91. The van der Waals surface area contributed by atoms with Crippen LogP contribution in [-0.2, 0) is 6.42 Å². The van der Waals surface area contributed by atoms with Gasteiger partial charge in [0.2, 0.25) is 0 Å². The first kappa shape index (κ1) is 13.7. The summed E-state index contributed by atoms with van der Waals surface area (Å²) >= 11 is 0. The fourth-order valence-corrected chi connectivity index (χ4v) is 1.29. The van der Waals surface area contributed by atoms with Crippen molar-refractivity contribution in [2.75, 3.05) is 7.11 Å². The molecule has 0 aliphatic carbocycles. The number of ether oxygens (including phenoxy) is 2. The summed E-state index contributed by atoms with van der Waals surface area (Å²) in [5.74, 6) is 0.426. The van der Waals surface area contributed by atoms with Gasteiger partial charge in [-0.3, -0.25) is 0 Å². The van der Waals surface area contributed by atoms with Crippen molar-refractivity contribution in [2.24, 2.45) is 0 Å². The molecule has 0 aliphatic rings. The smallest absolute Gasteiger partial charge is 0.425 e. The van der Waals surface area contributed by atoms with Gasteiger partial charge in [-0.25, -0.2) is 0 Å². The lowest BCUT2D eigenvalue weighted by Crippen LogP contribution is -2.31. The minimum atomic E-state index is -4.38. The van der Waals surface area contributed by atoms with Gasteiger partial charge in [0, 0.05) is 0 Å². The first-order valence-corrected chi connectivity index (χ1v) is 5.28. The van der Waals surface area contributed by atoms with Crippen molar-refractivity contribution < 1.29 is 22.6 Å². The Kier molecular flexibility index (Phi) is 4.26. The Labute approximate surface area is 98.3 Å². The van der Waals surface area contributed by atoms with Crippen molar-refractivity contribution in [3.63, 3.8) is 0 Å². The highest BCUT2D eigenvalue weighted by Crippen LogP contribution is 2.32. The largest absolute Gasteiger partial charge is 0.493 e. The number of methoxy groups -OCH3 is 1. The minimum absolute atomic E-state index is 0.106. The average Bonchev–Trinajstić information content (AvgIpc) is 2.28. The fraction of sp³-hybridized carbons (Fsp3) is 0.500. The van der Waals surface area contributed by atoms with E-state index >= 15 is 0 Å². The Morgan fingerprint density at radius 2 is 1.88 bits per heavy atom. The van der Waals surface area contributed by atoms with E-state index in [0.717, 1.165) is 18.9 Å². The predicted molar refractivity (Wildman–Crippen MR) is 58.5 cm³/mol. The van der Waals surface area contributed by atoms with Gasteiger partial charge in [0.05, 0.1) is 7.11 Å². The lowest BCUT2D eigenvalue weighted by molar-refractivity contribution is -0.189. The minimum Gasteiger partial charge on any atom is -0.493 e. The molecule has 5 heteroatoms. The summed E-state index contributed by atoms with van der Waals surface area (Å²) in [6.07, 6.45) is -5.45. The molecule has 0 N–H and O–H groups in total. The van der Waals surface area contributed by atoms with Gasteiger partial charge >= 0.3 is 6.18 Å². The van der Waals surface area contributed by atoms with E-state index in [1.807, 2.05) is 6.92 Å². The fourth-order valence-electron chi connectivity index (χ4n) is 1.29. The summed E-state index contributed by atoms with van der Waals surface area (Å²) in [7, 11) is 1.40. The second kappa shape index (κ2) is 5.29. The summed E-state index contributed by atoms with van der Waals surface area (Å²) in [5, 5.41) is 0. The topological polar surface area (TPSA) is 18.5 Å². The van der Waals surface area contributed by atoms with E-state index in [9.17, 15) is 13.2 Å². The van der Waals surface area contributed by atoms with Crippen molar-refractivity contribution in [2.45, 2.75) is 32.5 Å². The van der Waals surface area contributed by atoms with Crippen LogP contribution in [0.2, 0.25) is 0 Å². The maximum Gasteiger partial charge on any atom is 0.425 e. The maximum absolute atomic E-state index is 12.4. The second-order valence-electron chi connectivity index (χ2n) is 3.64. The van der Waals surface area contributed by atoms with Crippen molar-refractivity contribution in [3.8, 4) is 11.5 Å². The van der Waals surface area contributed by atoms with Crippen LogP contribution < -0.4 is 9.47 Å². The van der Waals surface area contributed by atoms with Crippen LogP contribution >= 0.6 is 0 Å². The van der Waals surface area contributed by atoms with Crippen LogP contribution in [-0.4, -0.2) is 19.4 Å². The third-order valence-corrected chi connectivity index (χ3v) is 2.40. The van der Waals surface area contributed by atoms with Crippen molar-refractivity contribution in [3.05, 3.63) is 23.8 Å². The molecule has 0 radical (unpaired) electrons. The highest BCUT2D eigenvalue weighted by molar-refractivity contribution is 5.43. The molecular weight excluding hydrogens is 233 g/mol. The Hall–Kier alpha value is -1.39. The van der Waals surface area contributed by atoms with E-state index in [1.54, 1.807) is 12.1 Å². The molecule has 17 heavy (non-hydrogen) atoms. The molecule has 96 valence electrons. The van der Waals surface area contributed by atoms with Gasteiger partial charge in [0.25, 0.3) is 0 Å². The zero-order valence-electron chi connectivity index (χ0n) is 9.97. The van der Waals surface area contributed by atoms with Gasteiger partial charge in [-0.15, -0.1) is 0 Å². The van der Waals surface area contributed by atoms with Crippen molar-refractivity contribution in [1.29, 1.82) is 0 Å². The highest BCUT2D eigenvalue weighted by atomic mass is 19.4. The standard InChI is InChI=1S/C12H15F3O2/c1-4-9-5-6-10(11(7-9)16-3)17-8(2)12(13,14)15/h5-8H,4H2,1-3H3. The lowest BCUT2D eigenvalue weighted by atomic mass is 10.1. The SMILES string of the molecule is CCc1ccc(OC(C)C(F)(F)F)c(OC)c1. The molecule has 0 heterocycles. The van der Waals surface area contributed by atoms with Crippen LogP contribution in [0.15, 0.2) is 18.2 Å². The summed E-state index contributed by atoms with van der Waals surface area (Å²) in [6.45, 7) is 2.92. The first-order valence-electron chi connectivity index (χ1n) is 5.28. The molecule has 1 aromatic rings. The zero-order valence-corrected chi connectivity index (χ0v) is 9.97. The second-order valence-corrected chi connectivity index (χ2v) is 3.64. The highest BCUT2D eigenvalue weighted by Gasteiger charge is 2.38. The lowest BCUT2D eigenvalue weighted by Gasteiger charge is -2.19. The quantitative estimate of drug-likeness (QED) is 0.810. The van der Waals surface area contributed by atoms with Crippen molar-refractivity contribution >= 4 is 0 Å². The van der Waals surface area contributed by atoms with Gasteiger partial charge in [0.15, 0.2) is 17.6 Å². The predicted octanol–water partition coefficient (Wildman–Crippen LogP) is 3.59. The van der Waals surface area contributed by atoms with Gasteiger partial charge < -0.3 is 9.47 Å². The first-order chi connectivity index (χ1) is 7.88. The maximum atomic E-state index is 12.4. The van der Waals surface area contributed by atoms with Crippen LogP contribution in [0.1, 0.15) is 19.4 Å². The van der Waals surface area contributed by atoms with Gasteiger partial charge in [-0.2, -0.15) is 13.2 Å². The van der Waals surface area contributed by atoms with Crippen molar-refractivity contribution in [1.82, 2.24) is 0 Å². The molecule has 0 spiro atoms. The third-order valence-electron chi connectivity index (χ3n) is 2.40. The molecule has 1 unspecified atom stereocenters. The van der Waals surface area contributed by atoms with Crippen LogP contribution in [0.5, 0.6) is 11.5 Å². The van der Waals surface area contributed by atoms with Crippen LogP contribution in [0, 0.1) is 0 Å². The monoisotopic (exact) mass is 248 g/mol. The molecule has 0 saturated carbocycles. The van der Waals surface area contributed by atoms with E-state index in [0.29, 0.717) is 5.75 Å². The Morgan fingerprint density at radius 1 is 1.24 bits per heavy atom. The Morgan fingerprint density at radius 3 is 2.35 bits per heavy atom. The molecule has 1 atom stereocenters. The molecule has 0 bridgehead atoms. The summed E-state index contributed by atoms with van der Waals surface area (Å²) in [6, 6.07) is 4.90.